The van der Waals surface area contributed by atoms with Gasteiger partial charge in [0.05, 0.1) is 5.69 Å². The van der Waals surface area contributed by atoms with Crippen molar-refractivity contribution in [1.29, 1.82) is 0 Å². The number of alkyl halides is 3. The minimum absolute atomic E-state index is 0.192. The molecule has 0 atom stereocenters. The second-order valence-electron chi connectivity index (χ2n) is 6.78. The first kappa shape index (κ1) is 18.4. The van der Waals surface area contributed by atoms with Crippen molar-refractivity contribution >= 4 is 5.69 Å². The second-order valence-corrected chi connectivity index (χ2v) is 6.78. The van der Waals surface area contributed by atoms with Gasteiger partial charge < -0.3 is 14.6 Å². The number of para-hydroxylation sites is 1. The lowest BCUT2D eigenvalue weighted by Crippen LogP contribution is -2.18. The minimum atomic E-state index is -4.71. The van der Waals surface area contributed by atoms with Crippen molar-refractivity contribution < 1.29 is 17.9 Å². The maximum absolute atomic E-state index is 12.5. The molecule has 0 amide bonds. The standard InChI is InChI=1S/C21H20F3N3O/c22-21(23,24)28-19-6-2-1-5-16(19)13-25-17-10-8-15(9-11-17)18-14-27-12-4-3-7-20(27)26-18/h1-2,5-6,8-11,14,25H,3-4,7,12-13H2. The number of rotatable bonds is 5. The number of aryl methyl sites for hydroxylation is 2. The normalized spacial score (nSPS) is 13.8. The topological polar surface area (TPSA) is 39.1 Å². The van der Waals surface area contributed by atoms with E-state index in [2.05, 4.69) is 20.8 Å². The van der Waals surface area contributed by atoms with Crippen LogP contribution in [0.5, 0.6) is 5.75 Å². The SMILES string of the molecule is FC(F)(F)Oc1ccccc1CNc1ccc(-c2cn3c(n2)CCCC3)cc1. The number of hydrogen-bond donors (Lipinski definition) is 1. The molecule has 0 fully saturated rings. The molecule has 28 heavy (non-hydrogen) atoms. The highest BCUT2D eigenvalue weighted by Gasteiger charge is 2.31. The van der Waals surface area contributed by atoms with Gasteiger partial charge in [0.2, 0.25) is 0 Å². The molecule has 0 radical (unpaired) electrons. The summed E-state index contributed by atoms with van der Waals surface area (Å²) in [6, 6.07) is 13.9. The van der Waals surface area contributed by atoms with Crippen molar-refractivity contribution in [1.82, 2.24) is 9.55 Å². The van der Waals surface area contributed by atoms with E-state index >= 15 is 0 Å². The Balaban J connectivity index is 1.44. The molecule has 0 saturated heterocycles. The average Bonchev–Trinajstić information content (AvgIpc) is 3.11. The number of imidazole rings is 1. The summed E-state index contributed by atoms with van der Waals surface area (Å²) >= 11 is 0. The maximum Gasteiger partial charge on any atom is 0.573 e. The summed E-state index contributed by atoms with van der Waals surface area (Å²) in [5.41, 5.74) is 3.22. The van der Waals surface area contributed by atoms with Crippen LogP contribution < -0.4 is 10.1 Å². The number of aromatic nitrogens is 2. The third-order valence-corrected chi connectivity index (χ3v) is 4.77. The molecule has 3 aromatic rings. The number of hydrogen-bond acceptors (Lipinski definition) is 3. The molecule has 1 aliphatic heterocycles. The van der Waals surface area contributed by atoms with Crippen molar-refractivity contribution in [2.75, 3.05) is 5.32 Å². The number of benzene rings is 2. The summed E-state index contributed by atoms with van der Waals surface area (Å²) in [4.78, 5) is 4.71. The zero-order chi connectivity index (χ0) is 19.6. The molecule has 2 aromatic carbocycles. The Morgan fingerprint density at radius 1 is 1.04 bits per heavy atom. The lowest BCUT2D eigenvalue weighted by atomic mass is 10.1. The number of halogens is 3. The number of anilines is 1. The fourth-order valence-corrected chi connectivity index (χ4v) is 3.38. The van der Waals surface area contributed by atoms with Gasteiger partial charge in [-0.15, -0.1) is 13.2 Å². The Hall–Kier alpha value is -2.96. The number of ether oxygens (including phenoxy) is 1. The van der Waals surface area contributed by atoms with E-state index in [0.717, 1.165) is 35.7 Å². The molecule has 2 heterocycles. The van der Waals surface area contributed by atoms with Gasteiger partial charge in [0.25, 0.3) is 0 Å². The minimum Gasteiger partial charge on any atom is -0.405 e. The van der Waals surface area contributed by atoms with Crippen LogP contribution in [0.1, 0.15) is 24.2 Å². The van der Waals surface area contributed by atoms with Crippen molar-refractivity contribution in [3.8, 4) is 17.0 Å². The van der Waals surface area contributed by atoms with E-state index in [0.29, 0.717) is 5.56 Å². The van der Waals surface area contributed by atoms with Gasteiger partial charge >= 0.3 is 6.36 Å². The Morgan fingerprint density at radius 2 is 1.82 bits per heavy atom. The van der Waals surface area contributed by atoms with Crippen LogP contribution in [0.15, 0.2) is 54.7 Å². The third-order valence-electron chi connectivity index (χ3n) is 4.77. The summed E-state index contributed by atoms with van der Waals surface area (Å²) in [6.07, 6.45) is 0.756. The Labute approximate surface area is 161 Å². The number of fused-ring (bicyclic) bond motifs is 1. The van der Waals surface area contributed by atoms with Gasteiger partial charge in [-0.2, -0.15) is 0 Å². The average molecular weight is 387 g/mol. The van der Waals surface area contributed by atoms with Crippen LogP contribution in [0.2, 0.25) is 0 Å². The zero-order valence-electron chi connectivity index (χ0n) is 15.2. The molecule has 0 unspecified atom stereocenters. The third kappa shape index (κ3) is 4.30. The molecule has 1 aliphatic rings. The second kappa shape index (κ2) is 7.58. The molecule has 0 saturated carbocycles. The molecule has 1 aromatic heterocycles. The Bertz CT molecular complexity index is 925. The highest BCUT2D eigenvalue weighted by molar-refractivity contribution is 5.62. The Kier molecular flexibility index (Phi) is 4.98. The largest absolute Gasteiger partial charge is 0.573 e. The van der Waals surface area contributed by atoms with Gasteiger partial charge in [-0.25, -0.2) is 4.98 Å². The molecule has 0 spiro atoms. The van der Waals surface area contributed by atoms with Crippen molar-refractivity contribution in [2.24, 2.45) is 0 Å². The van der Waals surface area contributed by atoms with E-state index in [4.69, 9.17) is 4.98 Å². The number of nitrogens with zero attached hydrogens (tertiary/aromatic N) is 2. The van der Waals surface area contributed by atoms with Gasteiger partial charge in [0.15, 0.2) is 0 Å². The summed E-state index contributed by atoms with van der Waals surface area (Å²) in [6.45, 7) is 1.24. The molecular formula is C21H20F3N3O. The van der Waals surface area contributed by atoms with Gasteiger partial charge in [-0.1, -0.05) is 30.3 Å². The summed E-state index contributed by atoms with van der Waals surface area (Å²) in [5.74, 6) is 0.937. The molecule has 146 valence electrons. The molecule has 4 rings (SSSR count). The van der Waals surface area contributed by atoms with Crippen molar-refractivity contribution in [2.45, 2.75) is 38.7 Å². The molecule has 7 heteroatoms. The molecule has 0 bridgehead atoms. The van der Waals surface area contributed by atoms with Crippen LogP contribution in [-0.2, 0) is 19.5 Å². The molecule has 0 aliphatic carbocycles. The lowest BCUT2D eigenvalue weighted by Gasteiger charge is -2.14. The highest BCUT2D eigenvalue weighted by atomic mass is 19.4. The van der Waals surface area contributed by atoms with Crippen LogP contribution in [0.25, 0.3) is 11.3 Å². The smallest absolute Gasteiger partial charge is 0.405 e. The predicted molar refractivity (Wildman–Crippen MR) is 101 cm³/mol. The first-order chi connectivity index (χ1) is 13.5. The summed E-state index contributed by atoms with van der Waals surface area (Å²) in [7, 11) is 0. The summed E-state index contributed by atoms with van der Waals surface area (Å²) in [5, 5.41) is 3.14. The first-order valence-corrected chi connectivity index (χ1v) is 9.22. The van der Waals surface area contributed by atoms with Crippen molar-refractivity contribution in [3.05, 3.63) is 66.1 Å². The van der Waals surface area contributed by atoms with E-state index in [-0.39, 0.29) is 12.3 Å². The fourth-order valence-electron chi connectivity index (χ4n) is 3.38. The monoisotopic (exact) mass is 387 g/mol. The predicted octanol–water partition coefficient (Wildman–Crippen LogP) is 5.40. The van der Waals surface area contributed by atoms with Gasteiger partial charge in [0, 0.05) is 42.5 Å². The van der Waals surface area contributed by atoms with Gasteiger partial charge in [0.1, 0.15) is 11.6 Å². The van der Waals surface area contributed by atoms with Crippen LogP contribution >= 0.6 is 0 Å². The van der Waals surface area contributed by atoms with Crippen molar-refractivity contribution in [3.63, 3.8) is 0 Å². The lowest BCUT2D eigenvalue weighted by molar-refractivity contribution is -0.274. The van der Waals surface area contributed by atoms with Crippen LogP contribution in [-0.4, -0.2) is 15.9 Å². The van der Waals surface area contributed by atoms with E-state index in [9.17, 15) is 13.2 Å². The highest BCUT2D eigenvalue weighted by Crippen LogP contribution is 2.28. The van der Waals surface area contributed by atoms with Crippen LogP contribution in [0.3, 0.4) is 0 Å². The Morgan fingerprint density at radius 3 is 2.57 bits per heavy atom. The molecule has 1 N–H and O–H groups in total. The van der Waals surface area contributed by atoms with Gasteiger partial charge in [-0.05, 0) is 31.0 Å². The van der Waals surface area contributed by atoms with Crippen LogP contribution in [0, 0.1) is 0 Å². The quantitative estimate of drug-likeness (QED) is 0.637. The molecule has 4 nitrogen and oxygen atoms in total. The van der Waals surface area contributed by atoms with E-state index < -0.39 is 6.36 Å². The van der Waals surface area contributed by atoms with E-state index in [1.807, 2.05) is 24.3 Å². The van der Waals surface area contributed by atoms with Gasteiger partial charge in [-0.3, -0.25) is 0 Å². The first-order valence-electron chi connectivity index (χ1n) is 9.22. The van der Waals surface area contributed by atoms with E-state index in [1.165, 1.54) is 25.0 Å². The fraction of sp³-hybridized carbons (Fsp3) is 0.286. The molecular weight excluding hydrogens is 367 g/mol. The maximum atomic E-state index is 12.5. The zero-order valence-corrected chi connectivity index (χ0v) is 15.2. The van der Waals surface area contributed by atoms with E-state index in [1.54, 1.807) is 12.1 Å². The summed E-state index contributed by atoms with van der Waals surface area (Å²) < 4.78 is 43.9. The van der Waals surface area contributed by atoms with Crippen LogP contribution in [0.4, 0.5) is 18.9 Å². The number of nitrogens with one attached hydrogen (secondary N) is 1.